The molecular formula is C24H26N4O2. The summed E-state index contributed by atoms with van der Waals surface area (Å²) < 4.78 is 10.8. The number of nitrogens with zero attached hydrogens (tertiary/aromatic N) is 4. The summed E-state index contributed by atoms with van der Waals surface area (Å²) in [4.78, 5) is 16.5. The van der Waals surface area contributed by atoms with Gasteiger partial charge in [0.1, 0.15) is 12.1 Å². The molecular weight excluding hydrogens is 376 g/mol. The van der Waals surface area contributed by atoms with Crippen molar-refractivity contribution in [1.29, 1.82) is 0 Å². The number of aliphatic imine (C=N–C) groups is 1. The van der Waals surface area contributed by atoms with Gasteiger partial charge < -0.3 is 14.1 Å². The second kappa shape index (κ2) is 8.03. The minimum atomic E-state index is 0.214. The van der Waals surface area contributed by atoms with Crippen molar-refractivity contribution in [1.82, 2.24) is 9.97 Å². The number of rotatable bonds is 3. The van der Waals surface area contributed by atoms with Gasteiger partial charge >= 0.3 is 0 Å². The van der Waals surface area contributed by atoms with Crippen LogP contribution in [0.15, 0.2) is 58.6 Å². The Labute approximate surface area is 176 Å². The third kappa shape index (κ3) is 3.63. The van der Waals surface area contributed by atoms with E-state index in [1.54, 1.807) is 18.9 Å². The van der Waals surface area contributed by atoms with Crippen LogP contribution in [0.4, 0.5) is 5.82 Å². The SMILES string of the molecule is CC1Cc2ccc(-c3ccoc3)cc2C(c2cc(N3CCOCC3)ncn2)=NC1C. The molecule has 2 unspecified atom stereocenters. The zero-order valence-electron chi connectivity index (χ0n) is 17.4. The number of anilines is 1. The molecule has 3 aromatic rings. The van der Waals surface area contributed by atoms with E-state index in [4.69, 9.17) is 14.1 Å². The average molecular weight is 402 g/mol. The number of morpholine rings is 1. The van der Waals surface area contributed by atoms with E-state index in [0.717, 1.165) is 66.6 Å². The molecule has 2 atom stereocenters. The maximum Gasteiger partial charge on any atom is 0.132 e. The average Bonchev–Trinajstić information content (AvgIpc) is 3.29. The van der Waals surface area contributed by atoms with Gasteiger partial charge in [-0.2, -0.15) is 0 Å². The minimum absolute atomic E-state index is 0.214. The van der Waals surface area contributed by atoms with E-state index in [2.05, 4.69) is 53.0 Å². The van der Waals surface area contributed by atoms with E-state index in [1.165, 1.54) is 5.56 Å². The molecule has 30 heavy (non-hydrogen) atoms. The summed E-state index contributed by atoms with van der Waals surface area (Å²) in [6, 6.07) is 10.9. The maximum atomic E-state index is 5.49. The largest absolute Gasteiger partial charge is 0.472 e. The Morgan fingerprint density at radius 2 is 1.87 bits per heavy atom. The molecule has 0 saturated carbocycles. The first-order valence-electron chi connectivity index (χ1n) is 10.6. The Hall–Kier alpha value is -2.99. The van der Waals surface area contributed by atoms with E-state index >= 15 is 0 Å². The number of furan rings is 1. The normalized spacial score (nSPS) is 21.7. The second-order valence-electron chi connectivity index (χ2n) is 8.14. The van der Waals surface area contributed by atoms with Gasteiger partial charge in [0.15, 0.2) is 0 Å². The summed E-state index contributed by atoms with van der Waals surface area (Å²) in [7, 11) is 0. The van der Waals surface area contributed by atoms with E-state index < -0.39 is 0 Å². The maximum absolute atomic E-state index is 5.49. The molecule has 4 heterocycles. The van der Waals surface area contributed by atoms with Crippen LogP contribution in [0.1, 0.15) is 30.7 Å². The summed E-state index contributed by atoms with van der Waals surface area (Å²) in [5, 5.41) is 0. The highest BCUT2D eigenvalue weighted by atomic mass is 16.5. The smallest absolute Gasteiger partial charge is 0.132 e. The molecule has 0 N–H and O–H groups in total. The minimum Gasteiger partial charge on any atom is -0.472 e. The molecule has 2 aliphatic rings. The van der Waals surface area contributed by atoms with Crippen LogP contribution in [0, 0.1) is 5.92 Å². The molecule has 6 heteroatoms. The summed E-state index contributed by atoms with van der Waals surface area (Å²) in [6.45, 7) is 7.61. The lowest BCUT2D eigenvalue weighted by Gasteiger charge is -2.27. The number of hydrogen-bond acceptors (Lipinski definition) is 6. The Morgan fingerprint density at radius 1 is 1.00 bits per heavy atom. The fourth-order valence-corrected chi connectivity index (χ4v) is 4.15. The molecule has 1 fully saturated rings. The van der Waals surface area contributed by atoms with E-state index in [-0.39, 0.29) is 6.04 Å². The van der Waals surface area contributed by atoms with Crippen molar-refractivity contribution in [2.45, 2.75) is 26.3 Å². The third-order valence-corrected chi connectivity index (χ3v) is 6.15. The van der Waals surface area contributed by atoms with E-state index in [9.17, 15) is 0 Å². The van der Waals surface area contributed by atoms with Crippen molar-refractivity contribution < 1.29 is 9.15 Å². The molecule has 6 nitrogen and oxygen atoms in total. The zero-order chi connectivity index (χ0) is 20.5. The van der Waals surface area contributed by atoms with Crippen molar-refractivity contribution in [2.24, 2.45) is 10.9 Å². The fourth-order valence-electron chi connectivity index (χ4n) is 4.15. The van der Waals surface area contributed by atoms with Gasteiger partial charge in [-0.1, -0.05) is 19.1 Å². The van der Waals surface area contributed by atoms with Gasteiger partial charge in [0, 0.05) is 30.3 Å². The zero-order valence-corrected chi connectivity index (χ0v) is 17.4. The van der Waals surface area contributed by atoms with Gasteiger partial charge in [-0.25, -0.2) is 9.97 Å². The summed E-state index contributed by atoms with van der Waals surface area (Å²) in [5.74, 6) is 1.39. The van der Waals surface area contributed by atoms with Crippen LogP contribution in [0.5, 0.6) is 0 Å². The van der Waals surface area contributed by atoms with Crippen LogP contribution in [0.3, 0.4) is 0 Å². The van der Waals surface area contributed by atoms with Crippen LogP contribution in [0.25, 0.3) is 11.1 Å². The fraction of sp³-hybridized carbons (Fsp3) is 0.375. The van der Waals surface area contributed by atoms with Gasteiger partial charge in [-0.3, -0.25) is 4.99 Å². The Morgan fingerprint density at radius 3 is 2.67 bits per heavy atom. The van der Waals surface area contributed by atoms with Crippen LogP contribution in [0.2, 0.25) is 0 Å². The van der Waals surface area contributed by atoms with Crippen molar-refractivity contribution >= 4 is 11.5 Å². The summed E-state index contributed by atoms with van der Waals surface area (Å²) in [5.41, 5.74) is 6.47. The topological polar surface area (TPSA) is 63.8 Å². The Bertz CT molecular complexity index is 1050. The summed E-state index contributed by atoms with van der Waals surface area (Å²) in [6.07, 6.45) is 6.14. The highest BCUT2D eigenvalue weighted by molar-refractivity contribution is 6.13. The molecule has 5 rings (SSSR count). The first-order valence-corrected chi connectivity index (χ1v) is 10.6. The molecule has 2 aromatic heterocycles. The molecule has 1 saturated heterocycles. The number of fused-ring (bicyclic) bond motifs is 1. The first-order chi connectivity index (χ1) is 14.7. The van der Waals surface area contributed by atoms with Crippen LogP contribution < -0.4 is 4.90 Å². The lowest BCUT2D eigenvalue weighted by molar-refractivity contribution is 0.122. The molecule has 0 radical (unpaired) electrons. The van der Waals surface area contributed by atoms with Crippen LogP contribution in [-0.2, 0) is 11.2 Å². The Balaban J connectivity index is 1.60. The molecule has 1 aromatic carbocycles. The second-order valence-corrected chi connectivity index (χ2v) is 8.14. The van der Waals surface area contributed by atoms with E-state index in [1.807, 2.05) is 6.07 Å². The standard InChI is InChI=1S/C24H26N4O2/c1-16-11-19-4-3-18(20-5-8-30-14-20)12-21(19)24(27-17(16)2)22-13-23(26-15-25-22)28-6-9-29-10-7-28/h3-5,8,12-17H,6-7,9-11H2,1-2H3. The molecule has 154 valence electrons. The molecule has 0 aliphatic carbocycles. The van der Waals surface area contributed by atoms with Gasteiger partial charge in [-0.05, 0) is 42.5 Å². The van der Waals surface area contributed by atoms with Crippen molar-refractivity contribution in [3.63, 3.8) is 0 Å². The molecule has 0 spiro atoms. The quantitative estimate of drug-likeness (QED) is 0.663. The van der Waals surface area contributed by atoms with Crippen molar-refractivity contribution in [3.05, 3.63) is 66.0 Å². The van der Waals surface area contributed by atoms with Crippen LogP contribution >= 0.6 is 0 Å². The number of aromatic nitrogens is 2. The number of hydrogen-bond donors (Lipinski definition) is 0. The number of ether oxygens (including phenoxy) is 1. The highest BCUT2D eigenvalue weighted by Crippen LogP contribution is 2.30. The van der Waals surface area contributed by atoms with E-state index in [0.29, 0.717) is 5.92 Å². The van der Waals surface area contributed by atoms with Crippen molar-refractivity contribution in [2.75, 3.05) is 31.2 Å². The van der Waals surface area contributed by atoms with Gasteiger partial charge in [0.05, 0.1) is 43.2 Å². The van der Waals surface area contributed by atoms with Gasteiger partial charge in [-0.15, -0.1) is 0 Å². The lowest BCUT2D eigenvalue weighted by atomic mass is 9.91. The first kappa shape index (κ1) is 19.0. The predicted octanol–water partition coefficient (Wildman–Crippen LogP) is 3.99. The Kier molecular flexibility index (Phi) is 5.09. The third-order valence-electron chi connectivity index (χ3n) is 6.15. The molecule has 2 aliphatic heterocycles. The van der Waals surface area contributed by atoms with Gasteiger partial charge in [0.2, 0.25) is 0 Å². The molecule has 0 bridgehead atoms. The predicted molar refractivity (Wildman–Crippen MR) is 117 cm³/mol. The van der Waals surface area contributed by atoms with Gasteiger partial charge in [0.25, 0.3) is 0 Å². The van der Waals surface area contributed by atoms with Crippen molar-refractivity contribution in [3.8, 4) is 11.1 Å². The monoisotopic (exact) mass is 402 g/mol. The summed E-state index contributed by atoms with van der Waals surface area (Å²) >= 11 is 0. The highest BCUT2D eigenvalue weighted by Gasteiger charge is 2.25. The van der Waals surface area contributed by atoms with Crippen LogP contribution in [-0.4, -0.2) is 48.0 Å². The lowest BCUT2D eigenvalue weighted by Crippen LogP contribution is -2.36. The number of benzene rings is 1. The molecule has 0 amide bonds.